The van der Waals surface area contributed by atoms with Crippen molar-refractivity contribution in [1.29, 1.82) is 0 Å². The van der Waals surface area contributed by atoms with E-state index in [0.717, 1.165) is 18.2 Å². The lowest BCUT2D eigenvalue weighted by Crippen LogP contribution is -2.21. The molecule has 1 saturated carbocycles. The maximum Gasteiger partial charge on any atom is 0.119 e. The van der Waals surface area contributed by atoms with Gasteiger partial charge in [-0.25, -0.2) is 0 Å². The molecule has 2 aliphatic carbocycles. The quantitative estimate of drug-likeness (QED) is 0.824. The number of rotatable bonds is 2. The lowest BCUT2D eigenvalue weighted by Gasteiger charge is -2.27. The summed E-state index contributed by atoms with van der Waals surface area (Å²) in [5.74, 6) is 1.71. The Bertz CT molecular complexity index is 415. The zero-order chi connectivity index (χ0) is 11.2. The van der Waals surface area contributed by atoms with Crippen LogP contribution in [0.3, 0.4) is 0 Å². The molecule has 2 nitrogen and oxygen atoms in total. The lowest BCUT2D eigenvalue weighted by atomic mass is 9.78. The molecule has 86 valence electrons. The molecule has 0 aliphatic heterocycles. The highest BCUT2D eigenvalue weighted by Gasteiger charge is 2.55. The molecule has 1 fully saturated rings. The Morgan fingerprint density at radius 3 is 3.06 bits per heavy atom. The fourth-order valence-electron chi connectivity index (χ4n) is 3.44. The Kier molecular flexibility index (Phi) is 2.21. The predicted octanol–water partition coefficient (Wildman–Crippen LogP) is 2.25. The number of methoxy groups -OCH3 is 1. The van der Waals surface area contributed by atoms with Crippen LogP contribution < -0.4 is 10.5 Å². The van der Waals surface area contributed by atoms with E-state index in [1.54, 1.807) is 12.7 Å². The summed E-state index contributed by atoms with van der Waals surface area (Å²) in [5, 5.41) is 0. The van der Waals surface area contributed by atoms with E-state index in [1.165, 1.54) is 31.2 Å². The zero-order valence-corrected chi connectivity index (χ0v) is 9.83. The SMILES string of the molecule is COc1ccc2c(c1)CCCC21CC1CN. The van der Waals surface area contributed by atoms with E-state index in [9.17, 15) is 0 Å². The molecule has 1 aromatic rings. The van der Waals surface area contributed by atoms with Gasteiger partial charge in [-0.15, -0.1) is 0 Å². The average Bonchev–Trinajstić information content (AvgIpc) is 3.03. The normalized spacial score (nSPS) is 31.2. The number of benzene rings is 1. The lowest BCUT2D eigenvalue weighted by molar-refractivity contribution is 0.412. The summed E-state index contributed by atoms with van der Waals surface area (Å²) in [7, 11) is 1.74. The van der Waals surface area contributed by atoms with Gasteiger partial charge in [-0.3, -0.25) is 0 Å². The van der Waals surface area contributed by atoms with Gasteiger partial charge in [0.05, 0.1) is 7.11 Å². The third kappa shape index (κ3) is 1.29. The van der Waals surface area contributed by atoms with E-state index in [2.05, 4.69) is 18.2 Å². The maximum atomic E-state index is 5.83. The number of aryl methyl sites for hydroxylation is 1. The number of hydrogen-bond acceptors (Lipinski definition) is 2. The highest BCUT2D eigenvalue weighted by atomic mass is 16.5. The van der Waals surface area contributed by atoms with Gasteiger partial charge in [-0.2, -0.15) is 0 Å². The molecule has 16 heavy (non-hydrogen) atoms. The minimum absolute atomic E-state index is 0.439. The van der Waals surface area contributed by atoms with Gasteiger partial charge < -0.3 is 10.5 Å². The van der Waals surface area contributed by atoms with E-state index in [-0.39, 0.29) is 0 Å². The summed E-state index contributed by atoms with van der Waals surface area (Å²) >= 11 is 0. The molecule has 2 heteroatoms. The second kappa shape index (κ2) is 3.49. The van der Waals surface area contributed by atoms with Gasteiger partial charge in [0.15, 0.2) is 0 Å². The highest BCUT2D eigenvalue weighted by molar-refractivity contribution is 5.46. The van der Waals surface area contributed by atoms with Gasteiger partial charge in [0.2, 0.25) is 0 Å². The van der Waals surface area contributed by atoms with Crippen molar-refractivity contribution in [2.45, 2.75) is 31.1 Å². The molecule has 0 saturated heterocycles. The molecular formula is C14H19NO. The molecule has 0 aromatic heterocycles. The van der Waals surface area contributed by atoms with E-state index in [1.807, 2.05) is 0 Å². The van der Waals surface area contributed by atoms with Crippen LogP contribution in [0.4, 0.5) is 0 Å². The summed E-state index contributed by atoms with van der Waals surface area (Å²) in [6.45, 7) is 0.839. The van der Waals surface area contributed by atoms with E-state index in [4.69, 9.17) is 10.5 Å². The number of nitrogens with two attached hydrogens (primary N) is 1. The van der Waals surface area contributed by atoms with Crippen LogP contribution in [0.2, 0.25) is 0 Å². The van der Waals surface area contributed by atoms with Crippen molar-refractivity contribution in [1.82, 2.24) is 0 Å². The van der Waals surface area contributed by atoms with Crippen LogP contribution in [-0.4, -0.2) is 13.7 Å². The summed E-state index contributed by atoms with van der Waals surface area (Å²) in [6, 6.07) is 6.57. The minimum atomic E-state index is 0.439. The largest absolute Gasteiger partial charge is 0.497 e. The van der Waals surface area contributed by atoms with Crippen molar-refractivity contribution in [3.8, 4) is 5.75 Å². The molecule has 2 N–H and O–H groups in total. The van der Waals surface area contributed by atoms with Crippen LogP contribution in [0.1, 0.15) is 30.4 Å². The average molecular weight is 217 g/mol. The molecule has 0 bridgehead atoms. The first-order valence-electron chi connectivity index (χ1n) is 6.17. The standard InChI is InChI=1S/C14H19NO/c1-16-12-4-5-13-10(7-12)3-2-6-14(13)8-11(14)9-15/h4-5,7,11H,2-3,6,8-9,15H2,1H3. The smallest absolute Gasteiger partial charge is 0.119 e. The molecular weight excluding hydrogens is 198 g/mol. The first kappa shape index (κ1) is 10.2. The maximum absolute atomic E-state index is 5.83. The molecule has 1 spiro atoms. The second-order valence-electron chi connectivity index (χ2n) is 5.17. The van der Waals surface area contributed by atoms with Crippen molar-refractivity contribution >= 4 is 0 Å². The number of fused-ring (bicyclic) bond motifs is 2. The van der Waals surface area contributed by atoms with Crippen LogP contribution in [0.15, 0.2) is 18.2 Å². The Balaban J connectivity index is 2.01. The number of ether oxygens (including phenoxy) is 1. The second-order valence-corrected chi connectivity index (χ2v) is 5.17. The van der Waals surface area contributed by atoms with Crippen molar-refractivity contribution < 1.29 is 4.74 Å². The summed E-state index contributed by atoms with van der Waals surface area (Å²) in [6.07, 6.45) is 5.12. The minimum Gasteiger partial charge on any atom is -0.497 e. The van der Waals surface area contributed by atoms with Crippen LogP contribution >= 0.6 is 0 Å². The zero-order valence-electron chi connectivity index (χ0n) is 9.83. The van der Waals surface area contributed by atoms with Gasteiger partial charge >= 0.3 is 0 Å². The Labute approximate surface area is 96.8 Å². The molecule has 2 unspecified atom stereocenters. The predicted molar refractivity (Wildman–Crippen MR) is 64.8 cm³/mol. The molecule has 1 aromatic carbocycles. The molecule has 3 rings (SSSR count). The van der Waals surface area contributed by atoms with Gasteiger partial charge in [-0.05, 0) is 66.8 Å². The van der Waals surface area contributed by atoms with Crippen molar-refractivity contribution in [3.63, 3.8) is 0 Å². The Hall–Kier alpha value is -1.02. The topological polar surface area (TPSA) is 35.2 Å². The summed E-state index contributed by atoms with van der Waals surface area (Å²) < 4.78 is 5.30. The van der Waals surface area contributed by atoms with Crippen molar-refractivity contribution in [2.75, 3.05) is 13.7 Å². The monoisotopic (exact) mass is 217 g/mol. The third-order valence-electron chi connectivity index (χ3n) is 4.43. The Morgan fingerprint density at radius 2 is 2.38 bits per heavy atom. The van der Waals surface area contributed by atoms with Gasteiger partial charge in [-0.1, -0.05) is 6.07 Å². The van der Waals surface area contributed by atoms with E-state index < -0.39 is 0 Å². The fraction of sp³-hybridized carbons (Fsp3) is 0.571. The summed E-state index contributed by atoms with van der Waals surface area (Å²) in [4.78, 5) is 0. The third-order valence-corrected chi connectivity index (χ3v) is 4.43. The van der Waals surface area contributed by atoms with E-state index >= 15 is 0 Å². The van der Waals surface area contributed by atoms with E-state index in [0.29, 0.717) is 5.41 Å². The molecule has 0 amide bonds. The highest BCUT2D eigenvalue weighted by Crippen LogP contribution is 2.59. The van der Waals surface area contributed by atoms with Gasteiger partial charge in [0, 0.05) is 0 Å². The fourth-order valence-corrected chi connectivity index (χ4v) is 3.44. The molecule has 2 atom stereocenters. The first-order valence-corrected chi connectivity index (χ1v) is 6.17. The van der Waals surface area contributed by atoms with Crippen LogP contribution in [0, 0.1) is 5.92 Å². The van der Waals surface area contributed by atoms with Crippen molar-refractivity contribution in [3.05, 3.63) is 29.3 Å². The van der Waals surface area contributed by atoms with Crippen LogP contribution in [0.25, 0.3) is 0 Å². The van der Waals surface area contributed by atoms with Crippen LogP contribution in [0.5, 0.6) is 5.75 Å². The van der Waals surface area contributed by atoms with Gasteiger partial charge in [0.25, 0.3) is 0 Å². The first-order chi connectivity index (χ1) is 7.80. The molecule has 2 aliphatic rings. The van der Waals surface area contributed by atoms with Crippen LogP contribution in [-0.2, 0) is 11.8 Å². The molecule has 0 radical (unpaired) electrons. The Morgan fingerprint density at radius 1 is 1.50 bits per heavy atom. The van der Waals surface area contributed by atoms with Crippen molar-refractivity contribution in [2.24, 2.45) is 11.7 Å². The molecule has 0 heterocycles. The summed E-state index contributed by atoms with van der Waals surface area (Å²) in [5.41, 5.74) is 9.31. The van der Waals surface area contributed by atoms with Gasteiger partial charge in [0.1, 0.15) is 5.75 Å². The number of hydrogen-bond donors (Lipinski definition) is 1.